The largest absolute Gasteiger partial charge is 0.295 e. The molecule has 5 heteroatoms. The Hall–Kier alpha value is -1.13. The fourth-order valence-corrected chi connectivity index (χ4v) is 1.27. The lowest BCUT2D eigenvalue weighted by Gasteiger charge is -2.03. The number of hydrogen-bond donors (Lipinski definition) is 2. The summed E-state index contributed by atoms with van der Waals surface area (Å²) in [6.07, 6.45) is 1.10. The summed E-state index contributed by atoms with van der Waals surface area (Å²) >= 11 is 10.2. The van der Waals surface area contributed by atoms with E-state index < -0.39 is 0 Å². The molecule has 0 aliphatic carbocycles. The van der Waals surface area contributed by atoms with Crippen molar-refractivity contribution >= 4 is 35.2 Å². The van der Waals surface area contributed by atoms with Crippen molar-refractivity contribution in [2.24, 2.45) is 0 Å². The van der Waals surface area contributed by atoms with Crippen molar-refractivity contribution in [1.82, 2.24) is 10.9 Å². The van der Waals surface area contributed by atoms with Crippen LogP contribution >= 0.6 is 23.8 Å². The number of hydrazine groups is 1. The number of amides is 1. The van der Waals surface area contributed by atoms with Gasteiger partial charge in [-0.15, -0.1) is 0 Å². The van der Waals surface area contributed by atoms with Gasteiger partial charge in [-0.2, -0.15) is 0 Å². The smallest absolute Gasteiger partial charge is 0.238 e. The Kier molecular flexibility index (Phi) is 5.07. The van der Waals surface area contributed by atoms with Crippen LogP contribution in [0.2, 0.25) is 5.02 Å². The number of aryl methyl sites for hydroxylation is 1. The Bertz CT molecular complexity index is 340. The average Bonchev–Trinajstić information content (AvgIpc) is 2.25. The van der Waals surface area contributed by atoms with Crippen LogP contribution < -0.4 is 10.9 Å². The van der Waals surface area contributed by atoms with Crippen LogP contribution in [0, 0.1) is 0 Å². The van der Waals surface area contributed by atoms with E-state index in [2.05, 4.69) is 23.1 Å². The van der Waals surface area contributed by atoms with E-state index in [9.17, 15) is 4.79 Å². The topological polar surface area (TPSA) is 41.1 Å². The molecular weight excluding hydrogens is 232 g/mol. The lowest BCUT2D eigenvalue weighted by Crippen LogP contribution is -2.35. The second-order valence-electron chi connectivity index (χ2n) is 2.94. The molecule has 0 spiro atoms. The minimum atomic E-state index is -0.0916. The normalized spacial score (nSPS) is 9.40. The number of halogens is 1. The van der Waals surface area contributed by atoms with E-state index in [0.717, 1.165) is 5.56 Å². The second kappa shape index (κ2) is 6.37. The standard InChI is InChI=1S/C10H11ClN2OS/c11-9-4-1-8(2-5-9)3-6-10(14)13-12-7-15/h1-2,4-5,7H,3,6H2,(H,12,15)(H,13,14). The van der Waals surface area contributed by atoms with Crippen molar-refractivity contribution in [2.45, 2.75) is 12.8 Å². The van der Waals surface area contributed by atoms with Crippen molar-refractivity contribution in [2.75, 3.05) is 0 Å². The van der Waals surface area contributed by atoms with Crippen LogP contribution in [0.15, 0.2) is 24.3 Å². The molecule has 0 fully saturated rings. The molecule has 15 heavy (non-hydrogen) atoms. The van der Waals surface area contributed by atoms with E-state index in [0.29, 0.717) is 17.9 Å². The first-order valence-electron chi connectivity index (χ1n) is 4.45. The highest BCUT2D eigenvalue weighted by molar-refractivity contribution is 7.78. The van der Waals surface area contributed by atoms with Gasteiger partial charge in [-0.05, 0) is 24.1 Å². The fraction of sp³-hybridized carbons (Fsp3) is 0.200. The summed E-state index contributed by atoms with van der Waals surface area (Å²) in [5.41, 5.74) is 7.23. The molecule has 0 aromatic heterocycles. The highest BCUT2D eigenvalue weighted by atomic mass is 35.5. The van der Waals surface area contributed by atoms with Crippen molar-refractivity contribution in [3.8, 4) is 0 Å². The Morgan fingerprint density at radius 1 is 1.40 bits per heavy atom. The zero-order valence-corrected chi connectivity index (χ0v) is 9.57. The van der Waals surface area contributed by atoms with Crippen LogP contribution in [0.4, 0.5) is 0 Å². The van der Waals surface area contributed by atoms with Crippen LogP contribution in [-0.2, 0) is 11.2 Å². The van der Waals surface area contributed by atoms with Crippen LogP contribution in [0.25, 0.3) is 0 Å². The minimum Gasteiger partial charge on any atom is -0.295 e. The summed E-state index contributed by atoms with van der Waals surface area (Å²) in [5.74, 6) is -0.0916. The number of nitrogens with one attached hydrogen (secondary N) is 2. The molecule has 80 valence electrons. The molecule has 0 saturated carbocycles. The number of carbonyl (C=O) groups excluding carboxylic acids is 1. The predicted molar refractivity (Wildman–Crippen MR) is 64.7 cm³/mol. The third-order valence-corrected chi connectivity index (χ3v) is 2.19. The summed E-state index contributed by atoms with van der Waals surface area (Å²) < 4.78 is 0. The molecule has 0 heterocycles. The number of hydrogen-bond acceptors (Lipinski definition) is 2. The van der Waals surface area contributed by atoms with Crippen LogP contribution in [0.1, 0.15) is 12.0 Å². The predicted octanol–water partition coefficient (Wildman–Crippen LogP) is 1.85. The van der Waals surface area contributed by atoms with E-state index in [1.807, 2.05) is 24.3 Å². The number of benzene rings is 1. The molecule has 0 radical (unpaired) electrons. The van der Waals surface area contributed by atoms with Gasteiger partial charge in [0.1, 0.15) is 0 Å². The molecule has 1 rings (SSSR count). The summed E-state index contributed by atoms with van der Waals surface area (Å²) in [6.45, 7) is 0. The van der Waals surface area contributed by atoms with Gasteiger partial charge in [0, 0.05) is 11.4 Å². The maximum absolute atomic E-state index is 11.2. The molecular formula is C10H11ClN2OS. The van der Waals surface area contributed by atoms with E-state index in [1.54, 1.807) is 0 Å². The van der Waals surface area contributed by atoms with Crippen molar-refractivity contribution in [1.29, 1.82) is 0 Å². The van der Waals surface area contributed by atoms with Gasteiger partial charge in [0.2, 0.25) is 5.91 Å². The van der Waals surface area contributed by atoms with E-state index >= 15 is 0 Å². The van der Waals surface area contributed by atoms with Gasteiger partial charge in [0.05, 0.1) is 5.49 Å². The quantitative estimate of drug-likeness (QED) is 0.612. The van der Waals surface area contributed by atoms with Crippen LogP contribution in [-0.4, -0.2) is 11.4 Å². The molecule has 0 unspecified atom stereocenters. The molecule has 0 atom stereocenters. The Balaban J connectivity index is 2.33. The van der Waals surface area contributed by atoms with Gasteiger partial charge in [0.15, 0.2) is 0 Å². The molecule has 1 aromatic rings. The van der Waals surface area contributed by atoms with Crippen LogP contribution in [0.3, 0.4) is 0 Å². The molecule has 0 aliphatic heterocycles. The zero-order valence-electron chi connectivity index (χ0n) is 8.00. The van der Waals surface area contributed by atoms with E-state index in [-0.39, 0.29) is 5.91 Å². The van der Waals surface area contributed by atoms with Crippen molar-refractivity contribution in [3.05, 3.63) is 34.9 Å². The maximum Gasteiger partial charge on any atom is 0.238 e. The third-order valence-electron chi connectivity index (χ3n) is 1.82. The summed E-state index contributed by atoms with van der Waals surface area (Å²) in [4.78, 5) is 11.2. The van der Waals surface area contributed by atoms with Gasteiger partial charge in [-0.3, -0.25) is 15.6 Å². The highest BCUT2D eigenvalue weighted by Gasteiger charge is 2.00. The maximum atomic E-state index is 11.2. The van der Waals surface area contributed by atoms with Crippen molar-refractivity contribution in [3.63, 3.8) is 0 Å². The van der Waals surface area contributed by atoms with E-state index in [1.165, 1.54) is 5.49 Å². The molecule has 0 saturated heterocycles. The monoisotopic (exact) mass is 242 g/mol. The Morgan fingerprint density at radius 3 is 2.67 bits per heavy atom. The van der Waals surface area contributed by atoms with Crippen LogP contribution in [0.5, 0.6) is 0 Å². The van der Waals surface area contributed by atoms with Gasteiger partial charge >= 0.3 is 0 Å². The third kappa shape index (κ3) is 4.76. The molecule has 2 N–H and O–H groups in total. The SMILES string of the molecule is O=C(CCc1ccc(Cl)cc1)NNC=S. The van der Waals surface area contributed by atoms with Gasteiger partial charge in [-0.1, -0.05) is 36.0 Å². The van der Waals surface area contributed by atoms with Crippen molar-refractivity contribution < 1.29 is 4.79 Å². The summed E-state index contributed by atoms with van der Waals surface area (Å²) in [7, 11) is 0. The van der Waals surface area contributed by atoms with Gasteiger partial charge in [0.25, 0.3) is 0 Å². The second-order valence-corrected chi connectivity index (χ2v) is 3.61. The molecule has 0 bridgehead atoms. The lowest BCUT2D eigenvalue weighted by molar-refractivity contribution is -0.121. The minimum absolute atomic E-state index is 0.0916. The summed E-state index contributed by atoms with van der Waals surface area (Å²) in [6, 6.07) is 7.43. The Morgan fingerprint density at radius 2 is 2.07 bits per heavy atom. The molecule has 1 aromatic carbocycles. The first-order valence-corrected chi connectivity index (χ1v) is 5.30. The molecule has 0 aliphatic rings. The molecule has 3 nitrogen and oxygen atoms in total. The first-order chi connectivity index (χ1) is 7.22. The number of rotatable bonds is 5. The number of carbonyl (C=O) groups is 1. The van der Waals surface area contributed by atoms with Gasteiger partial charge < -0.3 is 0 Å². The average molecular weight is 243 g/mol. The first kappa shape index (κ1) is 11.9. The zero-order chi connectivity index (χ0) is 11.1. The summed E-state index contributed by atoms with van der Waals surface area (Å²) in [5, 5.41) is 0.700. The Labute approximate surface area is 98.8 Å². The molecule has 1 amide bonds. The van der Waals surface area contributed by atoms with Gasteiger partial charge in [-0.25, -0.2) is 0 Å². The number of thiocarbonyl (C=S) groups is 1. The highest BCUT2D eigenvalue weighted by Crippen LogP contribution is 2.10. The van der Waals surface area contributed by atoms with E-state index in [4.69, 9.17) is 11.6 Å². The lowest BCUT2D eigenvalue weighted by atomic mass is 10.1. The fourth-order valence-electron chi connectivity index (χ4n) is 1.08.